The van der Waals surface area contributed by atoms with Crippen molar-refractivity contribution >= 4 is 53.4 Å². The Kier molecular flexibility index (Phi) is 7.64. The molecule has 0 unspecified atom stereocenters. The van der Waals surface area contributed by atoms with Crippen LogP contribution in [-0.2, 0) is 0 Å². The molecule has 0 aliphatic heterocycles. The van der Waals surface area contributed by atoms with Crippen molar-refractivity contribution in [2.75, 3.05) is 0 Å². The Balaban J connectivity index is 1.06. The summed E-state index contributed by atoms with van der Waals surface area (Å²) in [6.45, 7) is 0. The molecule has 3 aromatic heterocycles. The summed E-state index contributed by atoms with van der Waals surface area (Å²) in [6, 6.07) is 65.6. The van der Waals surface area contributed by atoms with Crippen molar-refractivity contribution in [3.63, 3.8) is 0 Å². The molecule has 0 aliphatic carbocycles. The topological polar surface area (TPSA) is 51.8 Å². The molecule has 0 amide bonds. The molecule has 0 saturated heterocycles. The van der Waals surface area contributed by atoms with Crippen molar-refractivity contribution in [1.29, 1.82) is 0 Å². The Morgan fingerprint density at radius 2 is 0.893 bits per heavy atom. The Bertz CT molecular complexity index is 3180. The minimum Gasteiger partial charge on any atom is -0.455 e. The molecule has 4 nitrogen and oxygen atoms in total. The summed E-state index contributed by atoms with van der Waals surface area (Å²) < 4.78 is 9.37. The SMILES string of the molecule is c1ccc(-c2ccc3sc4cccc(-c5cccc6oc7c(-c8cccc(-c9nc(-c%10ccccc%10)nc(-c%10ccccc%10)n9)c8)cccc7c56)c4c3c2)cc1. The van der Waals surface area contributed by atoms with Gasteiger partial charge in [0.2, 0.25) is 0 Å². The van der Waals surface area contributed by atoms with E-state index in [1.165, 1.54) is 36.9 Å². The maximum Gasteiger partial charge on any atom is 0.164 e. The highest BCUT2D eigenvalue weighted by Crippen LogP contribution is 2.46. The van der Waals surface area contributed by atoms with E-state index in [1.54, 1.807) is 0 Å². The maximum atomic E-state index is 6.82. The predicted octanol–water partition coefficient (Wildman–Crippen LogP) is 14.1. The van der Waals surface area contributed by atoms with Gasteiger partial charge in [-0.3, -0.25) is 0 Å². The molecule has 262 valence electrons. The number of hydrogen-bond acceptors (Lipinski definition) is 5. The van der Waals surface area contributed by atoms with Crippen molar-refractivity contribution in [1.82, 2.24) is 15.0 Å². The first-order valence-electron chi connectivity index (χ1n) is 18.7. The van der Waals surface area contributed by atoms with E-state index in [1.807, 2.05) is 72.0 Å². The maximum absolute atomic E-state index is 6.82. The Morgan fingerprint density at radius 1 is 0.339 bits per heavy atom. The summed E-state index contributed by atoms with van der Waals surface area (Å²) in [4.78, 5) is 14.9. The Labute approximate surface area is 327 Å². The number of aromatic nitrogens is 3. The molecule has 0 aliphatic rings. The third-order valence-electron chi connectivity index (χ3n) is 10.5. The lowest BCUT2D eigenvalue weighted by Gasteiger charge is -2.10. The fourth-order valence-corrected chi connectivity index (χ4v) is 9.04. The number of para-hydroxylation sites is 1. The van der Waals surface area contributed by atoms with Crippen LogP contribution in [0.15, 0.2) is 192 Å². The fraction of sp³-hybridized carbons (Fsp3) is 0. The van der Waals surface area contributed by atoms with Crippen LogP contribution in [0.4, 0.5) is 0 Å². The van der Waals surface area contributed by atoms with Gasteiger partial charge in [-0.15, -0.1) is 11.3 Å². The predicted molar refractivity (Wildman–Crippen MR) is 233 cm³/mol. The zero-order valence-electron chi connectivity index (χ0n) is 30.1. The fourth-order valence-electron chi connectivity index (χ4n) is 7.92. The minimum absolute atomic E-state index is 0.616. The number of nitrogens with zero attached hydrogens (tertiary/aromatic N) is 3. The number of benzene rings is 8. The van der Waals surface area contributed by atoms with E-state index in [4.69, 9.17) is 19.4 Å². The molecule has 8 aromatic carbocycles. The highest BCUT2D eigenvalue weighted by atomic mass is 32.1. The molecule has 0 bridgehead atoms. The Morgan fingerprint density at radius 3 is 1.61 bits per heavy atom. The van der Waals surface area contributed by atoms with Gasteiger partial charge in [0.25, 0.3) is 0 Å². The van der Waals surface area contributed by atoms with Crippen molar-refractivity contribution in [3.8, 4) is 67.5 Å². The van der Waals surface area contributed by atoms with Crippen LogP contribution in [0.3, 0.4) is 0 Å². The van der Waals surface area contributed by atoms with E-state index < -0.39 is 0 Å². The van der Waals surface area contributed by atoms with E-state index >= 15 is 0 Å². The molecule has 0 N–H and O–H groups in total. The van der Waals surface area contributed by atoms with Crippen LogP contribution >= 0.6 is 11.3 Å². The summed E-state index contributed by atoms with van der Waals surface area (Å²) in [5, 5.41) is 4.74. The van der Waals surface area contributed by atoms with Gasteiger partial charge in [0.05, 0.1) is 0 Å². The smallest absolute Gasteiger partial charge is 0.164 e. The highest BCUT2D eigenvalue weighted by molar-refractivity contribution is 7.26. The second-order valence-electron chi connectivity index (χ2n) is 13.9. The number of rotatable bonds is 6. The zero-order valence-corrected chi connectivity index (χ0v) is 30.9. The molecule has 0 spiro atoms. The summed E-state index contributed by atoms with van der Waals surface area (Å²) in [5.74, 6) is 1.89. The second-order valence-corrected chi connectivity index (χ2v) is 15.0. The summed E-state index contributed by atoms with van der Waals surface area (Å²) in [7, 11) is 0. The lowest BCUT2D eigenvalue weighted by molar-refractivity contribution is 0.670. The van der Waals surface area contributed by atoms with E-state index in [0.29, 0.717) is 17.5 Å². The van der Waals surface area contributed by atoms with E-state index in [0.717, 1.165) is 55.3 Å². The van der Waals surface area contributed by atoms with Gasteiger partial charge in [-0.05, 0) is 58.1 Å². The molecule has 3 heterocycles. The number of thiophene rings is 1. The van der Waals surface area contributed by atoms with Gasteiger partial charge in [0, 0.05) is 53.2 Å². The summed E-state index contributed by atoms with van der Waals surface area (Å²) in [5.41, 5.74) is 11.3. The van der Waals surface area contributed by atoms with Gasteiger partial charge >= 0.3 is 0 Å². The number of fused-ring (bicyclic) bond motifs is 6. The minimum atomic E-state index is 0.616. The van der Waals surface area contributed by atoms with Crippen molar-refractivity contribution in [3.05, 3.63) is 188 Å². The van der Waals surface area contributed by atoms with Gasteiger partial charge in [-0.25, -0.2) is 15.0 Å². The molecule has 56 heavy (non-hydrogen) atoms. The van der Waals surface area contributed by atoms with Gasteiger partial charge in [0.15, 0.2) is 17.5 Å². The van der Waals surface area contributed by atoms with Gasteiger partial charge < -0.3 is 4.42 Å². The third kappa shape index (κ3) is 5.48. The second kappa shape index (κ2) is 13.3. The van der Waals surface area contributed by atoms with Crippen LogP contribution in [0.2, 0.25) is 0 Å². The summed E-state index contributed by atoms with van der Waals surface area (Å²) >= 11 is 1.85. The summed E-state index contributed by atoms with van der Waals surface area (Å²) in [6.07, 6.45) is 0. The number of hydrogen-bond donors (Lipinski definition) is 0. The first-order valence-corrected chi connectivity index (χ1v) is 19.5. The quantitative estimate of drug-likeness (QED) is 0.171. The molecule has 11 rings (SSSR count). The molecule has 0 radical (unpaired) electrons. The highest BCUT2D eigenvalue weighted by Gasteiger charge is 2.20. The lowest BCUT2D eigenvalue weighted by atomic mass is 9.93. The molecule has 0 atom stereocenters. The molecular weight excluding hydrogens is 703 g/mol. The molecule has 5 heteroatoms. The Hall–Kier alpha value is -7.21. The van der Waals surface area contributed by atoms with E-state index in [9.17, 15) is 0 Å². The largest absolute Gasteiger partial charge is 0.455 e. The van der Waals surface area contributed by atoms with Gasteiger partial charge in [-0.1, -0.05) is 158 Å². The van der Waals surface area contributed by atoms with Crippen molar-refractivity contribution in [2.45, 2.75) is 0 Å². The molecule has 0 fully saturated rings. The van der Waals surface area contributed by atoms with Crippen LogP contribution in [0.25, 0.3) is 110 Å². The third-order valence-corrected chi connectivity index (χ3v) is 11.7. The first-order chi connectivity index (χ1) is 27.7. The van der Waals surface area contributed by atoms with Crippen LogP contribution in [-0.4, -0.2) is 15.0 Å². The molecule has 11 aromatic rings. The lowest BCUT2D eigenvalue weighted by Crippen LogP contribution is -2.00. The molecular formula is C51H31N3OS. The van der Waals surface area contributed by atoms with Gasteiger partial charge in [-0.2, -0.15) is 0 Å². The average molecular weight is 734 g/mol. The standard InChI is InChI=1S/C51H31N3OS/c1-4-14-32(15-5-1)35-28-29-44-42(31-35)47-40(24-13-27-45(47)56-44)39-23-12-26-43-46(39)41-25-11-22-38(48(41)55-43)36-20-10-21-37(30-36)51-53-49(33-16-6-2-7-17-33)52-50(54-51)34-18-8-3-9-19-34/h1-31H. The van der Waals surface area contributed by atoms with Gasteiger partial charge in [0.1, 0.15) is 11.2 Å². The van der Waals surface area contributed by atoms with E-state index in [-0.39, 0.29) is 0 Å². The van der Waals surface area contributed by atoms with Crippen LogP contribution < -0.4 is 0 Å². The zero-order chi connectivity index (χ0) is 37.0. The van der Waals surface area contributed by atoms with Crippen LogP contribution in [0.1, 0.15) is 0 Å². The van der Waals surface area contributed by atoms with Crippen molar-refractivity contribution < 1.29 is 4.42 Å². The molecule has 0 saturated carbocycles. The average Bonchev–Trinajstić information content (AvgIpc) is 3.86. The van der Waals surface area contributed by atoms with E-state index in [2.05, 4.69) is 127 Å². The normalized spacial score (nSPS) is 11.6. The van der Waals surface area contributed by atoms with Crippen LogP contribution in [0, 0.1) is 0 Å². The number of furan rings is 1. The monoisotopic (exact) mass is 733 g/mol. The van der Waals surface area contributed by atoms with Crippen LogP contribution in [0.5, 0.6) is 0 Å². The van der Waals surface area contributed by atoms with Crippen molar-refractivity contribution in [2.24, 2.45) is 0 Å². The first kappa shape index (κ1) is 32.2.